The van der Waals surface area contributed by atoms with Gasteiger partial charge in [0, 0.05) is 5.02 Å². The molecule has 0 aliphatic carbocycles. The van der Waals surface area contributed by atoms with Gasteiger partial charge in [0.2, 0.25) is 0 Å². The van der Waals surface area contributed by atoms with E-state index < -0.39 is 5.97 Å². The second-order valence-electron chi connectivity index (χ2n) is 2.17. The number of carboxylic acid groups (broad SMARTS) is 1. The Morgan fingerprint density at radius 1 is 1.38 bits per heavy atom. The Balaban J connectivity index is 0.00000144. The summed E-state index contributed by atoms with van der Waals surface area (Å²) in [6, 6.07) is 6.97. The van der Waals surface area contributed by atoms with Crippen molar-refractivity contribution in [3.05, 3.63) is 40.9 Å². The van der Waals surface area contributed by atoms with E-state index in [2.05, 4.69) is 0 Å². The van der Waals surface area contributed by atoms with Gasteiger partial charge in [0.05, 0.1) is 5.97 Å². The predicted octanol–water partition coefficient (Wildman–Crippen LogP) is 1.10. The second kappa shape index (κ2) is 6.00. The molecule has 0 spiro atoms. The van der Waals surface area contributed by atoms with Crippen molar-refractivity contribution in [2.45, 2.75) is 0 Å². The first-order valence-corrected chi connectivity index (χ1v) is 3.71. The van der Waals surface area contributed by atoms with E-state index in [0.29, 0.717) is 10.6 Å². The molecule has 72 valence electrons. The molecular formula is C9H6AgClO2. The zero-order valence-electron chi connectivity index (χ0n) is 6.46. The molecular weight excluding hydrogens is 283 g/mol. The first-order chi connectivity index (χ1) is 5.70. The maximum Gasteiger partial charge on any atom is 1.00 e. The van der Waals surface area contributed by atoms with Crippen LogP contribution in [0.15, 0.2) is 30.3 Å². The van der Waals surface area contributed by atoms with Gasteiger partial charge < -0.3 is 9.90 Å². The van der Waals surface area contributed by atoms with Crippen LogP contribution in [0.3, 0.4) is 0 Å². The molecule has 1 aromatic rings. The van der Waals surface area contributed by atoms with E-state index in [0.717, 1.165) is 6.08 Å². The van der Waals surface area contributed by atoms with Crippen molar-refractivity contribution in [3.63, 3.8) is 0 Å². The molecule has 13 heavy (non-hydrogen) atoms. The topological polar surface area (TPSA) is 40.1 Å². The molecule has 4 heteroatoms. The second-order valence-corrected chi connectivity index (χ2v) is 2.58. The Morgan fingerprint density at radius 2 is 2.00 bits per heavy atom. The molecule has 0 unspecified atom stereocenters. The Labute approximate surface area is 96.7 Å². The van der Waals surface area contributed by atoms with Crippen molar-refractivity contribution in [1.82, 2.24) is 0 Å². The summed E-state index contributed by atoms with van der Waals surface area (Å²) in [4.78, 5) is 10.0. The van der Waals surface area contributed by atoms with E-state index in [1.807, 2.05) is 0 Å². The minimum atomic E-state index is -1.23. The van der Waals surface area contributed by atoms with Crippen LogP contribution < -0.4 is 5.11 Å². The van der Waals surface area contributed by atoms with E-state index in [1.54, 1.807) is 24.3 Å². The van der Waals surface area contributed by atoms with Crippen molar-refractivity contribution in [3.8, 4) is 0 Å². The molecule has 0 radical (unpaired) electrons. The molecule has 2 nitrogen and oxygen atoms in total. The number of carbonyl (C=O) groups excluding carboxylic acids is 1. The number of carboxylic acids is 1. The summed E-state index contributed by atoms with van der Waals surface area (Å²) in [5, 5.41) is 10.6. The van der Waals surface area contributed by atoms with Gasteiger partial charge in [-0.2, -0.15) is 0 Å². The smallest absolute Gasteiger partial charge is 0.545 e. The minimum absolute atomic E-state index is 0. The number of hydrogen-bond acceptors (Lipinski definition) is 2. The predicted molar refractivity (Wildman–Crippen MR) is 45.5 cm³/mol. The quantitative estimate of drug-likeness (QED) is 0.604. The van der Waals surface area contributed by atoms with Crippen LogP contribution in [0.4, 0.5) is 0 Å². The molecule has 0 atom stereocenters. The van der Waals surface area contributed by atoms with Gasteiger partial charge >= 0.3 is 22.4 Å². The normalized spacial score (nSPS) is 9.62. The standard InChI is InChI=1S/C9H7ClO2.Ag/c10-8-4-2-1-3-7(8)5-6-9(11)12;/h1-6H,(H,11,12);/q;+1/p-1/b6-5+;. The monoisotopic (exact) mass is 288 g/mol. The van der Waals surface area contributed by atoms with Gasteiger partial charge in [-0.05, 0) is 17.7 Å². The third-order valence-corrected chi connectivity index (χ3v) is 1.65. The average molecular weight is 289 g/mol. The molecule has 1 rings (SSSR count). The van der Waals surface area contributed by atoms with Crippen molar-refractivity contribution in [2.24, 2.45) is 0 Å². The van der Waals surface area contributed by atoms with Crippen LogP contribution in [-0.2, 0) is 27.2 Å². The SMILES string of the molecule is O=C([O-])/C=C/c1ccccc1Cl.[Ag+]. The molecule has 0 saturated carbocycles. The molecule has 0 bridgehead atoms. The van der Waals surface area contributed by atoms with Crippen molar-refractivity contribution in [1.29, 1.82) is 0 Å². The molecule has 0 saturated heterocycles. The van der Waals surface area contributed by atoms with Crippen LogP contribution >= 0.6 is 11.6 Å². The van der Waals surface area contributed by atoms with Crippen LogP contribution in [0.1, 0.15) is 5.56 Å². The number of aliphatic carboxylic acids is 1. The number of halogens is 1. The van der Waals surface area contributed by atoms with Gasteiger partial charge in [-0.25, -0.2) is 0 Å². The maximum absolute atomic E-state index is 10.0. The molecule has 0 fully saturated rings. The largest absolute Gasteiger partial charge is 1.00 e. The third-order valence-electron chi connectivity index (χ3n) is 1.30. The van der Waals surface area contributed by atoms with E-state index >= 15 is 0 Å². The fraction of sp³-hybridized carbons (Fsp3) is 0. The average Bonchev–Trinajstić information content (AvgIpc) is 2.03. The fourth-order valence-corrected chi connectivity index (χ4v) is 0.967. The Hall–Kier alpha value is -0.540. The summed E-state index contributed by atoms with van der Waals surface area (Å²) in [6.45, 7) is 0. The number of hydrogen-bond donors (Lipinski definition) is 0. The zero-order chi connectivity index (χ0) is 8.97. The summed E-state index contributed by atoms with van der Waals surface area (Å²) in [5.74, 6) is -1.23. The number of benzene rings is 1. The molecule has 0 aromatic heterocycles. The van der Waals surface area contributed by atoms with Crippen LogP contribution in [0, 0.1) is 0 Å². The molecule has 0 aliphatic heterocycles. The summed E-state index contributed by atoms with van der Waals surface area (Å²) >= 11 is 5.74. The minimum Gasteiger partial charge on any atom is -0.545 e. The Morgan fingerprint density at radius 3 is 2.54 bits per heavy atom. The van der Waals surface area contributed by atoms with Gasteiger partial charge in [0.15, 0.2) is 0 Å². The van der Waals surface area contributed by atoms with Gasteiger partial charge in [-0.15, -0.1) is 0 Å². The zero-order valence-corrected chi connectivity index (χ0v) is 8.70. The molecule has 0 heterocycles. The summed E-state index contributed by atoms with van der Waals surface area (Å²) in [6.07, 6.45) is 2.35. The molecule has 0 aliphatic rings. The van der Waals surface area contributed by atoms with Gasteiger partial charge in [0.25, 0.3) is 0 Å². The van der Waals surface area contributed by atoms with E-state index in [1.165, 1.54) is 6.08 Å². The van der Waals surface area contributed by atoms with Crippen molar-refractivity contribution in [2.75, 3.05) is 0 Å². The first kappa shape index (κ1) is 12.5. The van der Waals surface area contributed by atoms with Gasteiger partial charge in [-0.3, -0.25) is 0 Å². The Kier molecular flexibility index (Phi) is 5.75. The van der Waals surface area contributed by atoms with Crippen LogP contribution in [0.25, 0.3) is 6.08 Å². The van der Waals surface area contributed by atoms with Gasteiger partial charge in [0.1, 0.15) is 0 Å². The van der Waals surface area contributed by atoms with E-state index in [4.69, 9.17) is 11.6 Å². The van der Waals surface area contributed by atoms with Crippen molar-refractivity contribution >= 4 is 23.6 Å². The van der Waals surface area contributed by atoms with Crippen LogP contribution in [-0.4, -0.2) is 5.97 Å². The van der Waals surface area contributed by atoms with Gasteiger partial charge in [-0.1, -0.05) is 35.9 Å². The first-order valence-electron chi connectivity index (χ1n) is 3.34. The summed E-state index contributed by atoms with van der Waals surface area (Å²) in [5.41, 5.74) is 0.670. The van der Waals surface area contributed by atoms with E-state index in [-0.39, 0.29) is 22.4 Å². The Bertz CT molecular complexity index is 323. The number of carbonyl (C=O) groups is 1. The van der Waals surface area contributed by atoms with Crippen molar-refractivity contribution < 1.29 is 32.3 Å². The summed E-state index contributed by atoms with van der Waals surface area (Å²) in [7, 11) is 0. The van der Waals surface area contributed by atoms with E-state index in [9.17, 15) is 9.90 Å². The third kappa shape index (κ3) is 4.29. The summed E-state index contributed by atoms with van der Waals surface area (Å²) < 4.78 is 0. The number of rotatable bonds is 2. The van der Waals surface area contributed by atoms with Crippen LogP contribution in [0.2, 0.25) is 5.02 Å². The van der Waals surface area contributed by atoms with Crippen LogP contribution in [0.5, 0.6) is 0 Å². The fourth-order valence-electron chi connectivity index (χ4n) is 0.768. The maximum atomic E-state index is 10.0. The molecule has 0 N–H and O–H groups in total. The molecule has 0 amide bonds. The molecule has 1 aromatic carbocycles.